The molecule has 1 atom stereocenters. The molecule has 0 amide bonds. The standard InChI is InChI=1S/C16H28N4S/c1-4-20(5-2)15(14-8-9-21-12-14)11-19-16(17-3)18-10-13-6-7-13/h8-9,12-13,15H,4-7,10-11H2,1-3H3,(H2,17,18,19). The Morgan fingerprint density at radius 1 is 1.38 bits per heavy atom. The summed E-state index contributed by atoms with van der Waals surface area (Å²) in [6, 6.07) is 2.64. The van der Waals surface area contributed by atoms with Gasteiger partial charge in [-0.1, -0.05) is 13.8 Å². The van der Waals surface area contributed by atoms with E-state index < -0.39 is 0 Å². The molecule has 0 bridgehead atoms. The van der Waals surface area contributed by atoms with Crippen LogP contribution in [0.15, 0.2) is 21.8 Å². The van der Waals surface area contributed by atoms with Gasteiger partial charge in [0.05, 0.1) is 6.04 Å². The van der Waals surface area contributed by atoms with Crippen molar-refractivity contribution in [1.82, 2.24) is 15.5 Å². The highest BCUT2D eigenvalue weighted by atomic mass is 32.1. The van der Waals surface area contributed by atoms with Crippen LogP contribution < -0.4 is 10.6 Å². The third-order valence-electron chi connectivity index (χ3n) is 4.12. The summed E-state index contributed by atoms with van der Waals surface area (Å²) in [4.78, 5) is 6.82. The van der Waals surface area contributed by atoms with Gasteiger partial charge in [0, 0.05) is 20.1 Å². The normalized spacial score (nSPS) is 17.0. The fourth-order valence-electron chi connectivity index (χ4n) is 2.56. The van der Waals surface area contributed by atoms with Crippen molar-refractivity contribution in [2.75, 3.05) is 33.2 Å². The number of thiophene rings is 1. The SMILES string of the molecule is CCN(CC)C(CNC(=NC)NCC1CC1)c1ccsc1. The molecule has 0 aliphatic heterocycles. The van der Waals surface area contributed by atoms with E-state index in [0.29, 0.717) is 6.04 Å². The fourth-order valence-corrected chi connectivity index (χ4v) is 3.27. The number of hydrogen-bond donors (Lipinski definition) is 2. The summed E-state index contributed by atoms with van der Waals surface area (Å²) in [6.07, 6.45) is 2.72. The molecule has 2 N–H and O–H groups in total. The average molecular weight is 308 g/mol. The van der Waals surface area contributed by atoms with Gasteiger partial charge < -0.3 is 10.6 Å². The Hall–Kier alpha value is -1.07. The Labute approximate surface area is 132 Å². The molecule has 1 unspecified atom stereocenters. The fraction of sp³-hybridized carbons (Fsp3) is 0.688. The van der Waals surface area contributed by atoms with E-state index in [-0.39, 0.29) is 0 Å². The van der Waals surface area contributed by atoms with E-state index >= 15 is 0 Å². The number of hydrogen-bond acceptors (Lipinski definition) is 3. The second-order valence-electron chi connectivity index (χ2n) is 5.57. The van der Waals surface area contributed by atoms with Crippen molar-refractivity contribution in [3.63, 3.8) is 0 Å². The van der Waals surface area contributed by atoms with E-state index in [2.05, 4.69) is 51.2 Å². The summed E-state index contributed by atoms with van der Waals surface area (Å²) >= 11 is 1.77. The van der Waals surface area contributed by atoms with Gasteiger partial charge in [-0.15, -0.1) is 0 Å². The lowest BCUT2D eigenvalue weighted by molar-refractivity contribution is 0.219. The van der Waals surface area contributed by atoms with Crippen molar-refractivity contribution in [3.8, 4) is 0 Å². The van der Waals surface area contributed by atoms with E-state index in [1.165, 1.54) is 18.4 Å². The topological polar surface area (TPSA) is 39.7 Å². The minimum absolute atomic E-state index is 0.408. The maximum atomic E-state index is 4.33. The molecular formula is C16H28N4S. The lowest BCUT2D eigenvalue weighted by Gasteiger charge is -2.30. The number of nitrogens with one attached hydrogen (secondary N) is 2. The first-order chi connectivity index (χ1) is 10.3. The molecule has 2 rings (SSSR count). The molecule has 21 heavy (non-hydrogen) atoms. The Balaban J connectivity index is 1.90. The summed E-state index contributed by atoms with van der Waals surface area (Å²) in [5, 5.41) is 11.3. The largest absolute Gasteiger partial charge is 0.356 e. The molecule has 1 aliphatic rings. The van der Waals surface area contributed by atoms with Crippen molar-refractivity contribution in [2.45, 2.75) is 32.7 Å². The van der Waals surface area contributed by atoms with Crippen LogP contribution in [0.5, 0.6) is 0 Å². The maximum absolute atomic E-state index is 4.33. The molecule has 4 nitrogen and oxygen atoms in total. The van der Waals surface area contributed by atoms with E-state index in [9.17, 15) is 0 Å². The maximum Gasteiger partial charge on any atom is 0.191 e. The quantitative estimate of drug-likeness (QED) is 0.573. The molecule has 1 saturated carbocycles. The van der Waals surface area contributed by atoms with Gasteiger partial charge in [-0.25, -0.2) is 0 Å². The molecular weight excluding hydrogens is 280 g/mol. The van der Waals surface area contributed by atoms with Crippen molar-refractivity contribution in [2.24, 2.45) is 10.9 Å². The first-order valence-corrected chi connectivity index (χ1v) is 8.93. The minimum atomic E-state index is 0.408. The molecule has 1 aliphatic carbocycles. The Morgan fingerprint density at radius 2 is 2.14 bits per heavy atom. The molecule has 0 saturated heterocycles. The van der Waals surface area contributed by atoms with Crippen molar-refractivity contribution >= 4 is 17.3 Å². The van der Waals surface area contributed by atoms with Crippen LogP contribution in [0.3, 0.4) is 0 Å². The van der Waals surface area contributed by atoms with E-state index in [1.54, 1.807) is 11.3 Å². The van der Waals surface area contributed by atoms with Crippen LogP contribution >= 0.6 is 11.3 Å². The smallest absolute Gasteiger partial charge is 0.191 e. The van der Waals surface area contributed by atoms with E-state index in [0.717, 1.165) is 38.1 Å². The third kappa shape index (κ3) is 5.00. The van der Waals surface area contributed by atoms with Crippen LogP contribution in [-0.2, 0) is 0 Å². The summed E-state index contributed by atoms with van der Waals surface area (Å²) < 4.78 is 0. The molecule has 1 fully saturated rings. The zero-order valence-corrected chi connectivity index (χ0v) is 14.2. The van der Waals surface area contributed by atoms with Crippen LogP contribution in [0, 0.1) is 5.92 Å². The second-order valence-corrected chi connectivity index (χ2v) is 6.35. The molecule has 0 spiro atoms. The molecule has 1 aromatic rings. The summed E-state index contributed by atoms with van der Waals surface area (Å²) in [5.41, 5.74) is 1.40. The van der Waals surface area contributed by atoms with Gasteiger partial charge in [0.2, 0.25) is 0 Å². The Bertz CT molecular complexity index is 421. The Kier molecular flexibility index (Phi) is 6.51. The first-order valence-electron chi connectivity index (χ1n) is 7.99. The highest BCUT2D eigenvalue weighted by molar-refractivity contribution is 7.07. The van der Waals surface area contributed by atoms with Gasteiger partial charge in [0.25, 0.3) is 0 Å². The molecule has 0 aromatic carbocycles. The number of rotatable bonds is 8. The van der Waals surface area contributed by atoms with Crippen LogP contribution in [0.1, 0.15) is 38.3 Å². The highest BCUT2D eigenvalue weighted by Gasteiger charge is 2.22. The summed E-state index contributed by atoms with van der Waals surface area (Å²) in [7, 11) is 1.85. The second kappa shape index (κ2) is 8.39. The zero-order valence-electron chi connectivity index (χ0n) is 13.4. The number of guanidine groups is 1. The van der Waals surface area contributed by atoms with Crippen molar-refractivity contribution in [1.29, 1.82) is 0 Å². The van der Waals surface area contributed by atoms with Gasteiger partial charge in [-0.3, -0.25) is 9.89 Å². The average Bonchev–Trinajstić information content (AvgIpc) is 3.18. The van der Waals surface area contributed by atoms with E-state index in [4.69, 9.17) is 0 Å². The van der Waals surface area contributed by atoms with Crippen LogP contribution in [0.2, 0.25) is 0 Å². The molecule has 5 heteroatoms. The van der Waals surface area contributed by atoms with Gasteiger partial charge in [-0.2, -0.15) is 11.3 Å². The molecule has 118 valence electrons. The van der Waals surface area contributed by atoms with Crippen molar-refractivity contribution < 1.29 is 0 Å². The number of aliphatic imine (C=N–C) groups is 1. The summed E-state index contributed by atoms with van der Waals surface area (Å²) in [6.45, 7) is 8.52. The Morgan fingerprint density at radius 3 is 2.67 bits per heavy atom. The van der Waals surface area contributed by atoms with Crippen LogP contribution in [-0.4, -0.2) is 44.1 Å². The first kappa shape index (κ1) is 16.3. The summed E-state index contributed by atoms with van der Waals surface area (Å²) in [5.74, 6) is 1.79. The number of likely N-dealkylation sites (N-methyl/N-ethyl adjacent to an activating group) is 1. The van der Waals surface area contributed by atoms with Gasteiger partial charge >= 0.3 is 0 Å². The minimum Gasteiger partial charge on any atom is -0.356 e. The van der Waals surface area contributed by atoms with Gasteiger partial charge in [0.1, 0.15) is 0 Å². The van der Waals surface area contributed by atoms with Gasteiger partial charge in [-0.05, 0) is 54.2 Å². The van der Waals surface area contributed by atoms with Crippen LogP contribution in [0.25, 0.3) is 0 Å². The zero-order chi connectivity index (χ0) is 15.1. The highest BCUT2D eigenvalue weighted by Crippen LogP contribution is 2.27. The van der Waals surface area contributed by atoms with Crippen LogP contribution in [0.4, 0.5) is 0 Å². The molecule has 1 aromatic heterocycles. The predicted octanol–water partition coefficient (Wildman–Crippen LogP) is 2.71. The monoisotopic (exact) mass is 308 g/mol. The lowest BCUT2D eigenvalue weighted by atomic mass is 10.1. The predicted molar refractivity (Wildman–Crippen MR) is 92.1 cm³/mol. The molecule has 1 heterocycles. The van der Waals surface area contributed by atoms with Crippen molar-refractivity contribution in [3.05, 3.63) is 22.4 Å². The lowest BCUT2D eigenvalue weighted by Crippen LogP contribution is -2.43. The number of nitrogens with zero attached hydrogens (tertiary/aromatic N) is 2. The third-order valence-corrected chi connectivity index (χ3v) is 4.82. The molecule has 0 radical (unpaired) electrons. The van der Waals surface area contributed by atoms with E-state index in [1.807, 2.05) is 7.05 Å². The van der Waals surface area contributed by atoms with Gasteiger partial charge in [0.15, 0.2) is 5.96 Å².